The van der Waals surface area contributed by atoms with Gasteiger partial charge in [0.05, 0.1) is 11.4 Å². The van der Waals surface area contributed by atoms with Crippen molar-refractivity contribution in [2.24, 2.45) is 0 Å². The van der Waals surface area contributed by atoms with Crippen LogP contribution < -0.4 is 25.2 Å². The van der Waals surface area contributed by atoms with E-state index in [4.69, 9.17) is 4.74 Å². The van der Waals surface area contributed by atoms with Crippen LogP contribution in [0, 0.1) is 19.7 Å². The van der Waals surface area contributed by atoms with E-state index in [0.717, 1.165) is 49.2 Å². The predicted octanol–water partition coefficient (Wildman–Crippen LogP) is 7.30. The van der Waals surface area contributed by atoms with Crippen LogP contribution in [0.5, 0.6) is 5.75 Å². The third-order valence-corrected chi connectivity index (χ3v) is 8.82. The van der Waals surface area contributed by atoms with E-state index < -0.39 is 6.09 Å². The molecule has 2 amide bonds. The van der Waals surface area contributed by atoms with Crippen molar-refractivity contribution < 1.29 is 18.7 Å². The highest BCUT2D eigenvalue weighted by atomic mass is 19.1. The molecule has 1 fully saturated rings. The Kier molecular flexibility index (Phi) is 11.8. The highest BCUT2D eigenvalue weighted by molar-refractivity contribution is 5.96. The molecule has 1 saturated heterocycles. The summed E-state index contributed by atoms with van der Waals surface area (Å²) >= 11 is 0. The molecule has 0 saturated carbocycles. The maximum atomic E-state index is 15.4. The number of benzene rings is 3. The first-order chi connectivity index (χ1) is 23.6. The number of aromatic nitrogens is 2. The van der Waals surface area contributed by atoms with Crippen LogP contribution in [-0.2, 0) is 11.2 Å². The van der Waals surface area contributed by atoms with Gasteiger partial charge in [-0.15, -0.1) is 0 Å². The number of para-hydroxylation sites is 1. The van der Waals surface area contributed by atoms with Gasteiger partial charge in [-0.25, -0.2) is 19.1 Å². The monoisotopic (exact) mass is 667 g/mol. The lowest BCUT2D eigenvalue weighted by atomic mass is 10.1. The van der Waals surface area contributed by atoms with E-state index in [0.29, 0.717) is 48.2 Å². The zero-order valence-corrected chi connectivity index (χ0v) is 29.0. The Labute approximate surface area is 288 Å². The standard InChI is InChI=1S/C38H46FN7O3/c1-6-7-19-40-35(47)17-14-29-12-9-13-31(23-29)46(38(48)49-36-26(2)10-8-11-27(36)3)34-18-20-41-37(43-34)42-30-15-16-33(32(39)24-30)45-22-21-44(5)28(4)25-45/h8-13,15-16,18,20,23-24,28H,6-7,14,17,19,21-22,25H2,1-5H3,(H,40,47)(H,41,42,43). The third kappa shape index (κ3) is 9.11. The Balaban J connectivity index is 1.40. The molecule has 10 nitrogen and oxygen atoms in total. The van der Waals surface area contributed by atoms with Crippen LogP contribution in [0.3, 0.4) is 0 Å². The number of amides is 2. The van der Waals surface area contributed by atoms with Crippen LogP contribution in [0.1, 0.15) is 49.8 Å². The Hall–Kier alpha value is -5.03. The van der Waals surface area contributed by atoms with Crippen molar-refractivity contribution in [1.82, 2.24) is 20.2 Å². The van der Waals surface area contributed by atoms with Crippen molar-refractivity contribution in [2.75, 3.05) is 48.3 Å². The Morgan fingerprint density at radius 2 is 1.82 bits per heavy atom. The van der Waals surface area contributed by atoms with Crippen LogP contribution in [0.4, 0.5) is 38.0 Å². The lowest BCUT2D eigenvalue weighted by Gasteiger charge is -2.39. The second-order valence-corrected chi connectivity index (χ2v) is 12.6. The Morgan fingerprint density at radius 1 is 1.04 bits per heavy atom. The van der Waals surface area contributed by atoms with Crippen molar-refractivity contribution >= 4 is 40.8 Å². The number of anilines is 5. The van der Waals surface area contributed by atoms with Gasteiger partial charge in [-0.1, -0.05) is 43.7 Å². The van der Waals surface area contributed by atoms with E-state index in [2.05, 4.69) is 51.3 Å². The van der Waals surface area contributed by atoms with Gasteiger partial charge in [0.15, 0.2) is 0 Å². The maximum Gasteiger partial charge on any atom is 0.425 e. The molecule has 1 atom stereocenters. The predicted molar refractivity (Wildman–Crippen MR) is 193 cm³/mol. The first-order valence-electron chi connectivity index (χ1n) is 16.9. The molecular formula is C38H46FN7O3. The topological polar surface area (TPSA) is 103 Å². The van der Waals surface area contributed by atoms with Crippen LogP contribution in [-0.4, -0.2) is 66.1 Å². The quantitative estimate of drug-likeness (QED) is 0.152. The minimum absolute atomic E-state index is 0.0146. The van der Waals surface area contributed by atoms with Crippen LogP contribution in [0.15, 0.2) is 72.9 Å². The zero-order chi connectivity index (χ0) is 34.9. The summed E-state index contributed by atoms with van der Waals surface area (Å²) in [6.07, 6.45) is 3.64. The normalized spacial score (nSPS) is 14.7. The summed E-state index contributed by atoms with van der Waals surface area (Å²) in [6, 6.07) is 20.0. The molecule has 0 aliphatic carbocycles. The van der Waals surface area contributed by atoms with E-state index in [-0.39, 0.29) is 23.5 Å². The molecular weight excluding hydrogens is 621 g/mol. The van der Waals surface area contributed by atoms with Crippen molar-refractivity contribution in [3.63, 3.8) is 0 Å². The molecule has 2 N–H and O–H groups in total. The highest BCUT2D eigenvalue weighted by Gasteiger charge is 2.25. The zero-order valence-electron chi connectivity index (χ0n) is 29.0. The fourth-order valence-electron chi connectivity index (χ4n) is 5.80. The molecule has 3 aromatic carbocycles. The molecule has 0 bridgehead atoms. The number of carbonyl (C=O) groups is 2. The van der Waals surface area contributed by atoms with Gasteiger partial charge in [0.1, 0.15) is 17.4 Å². The van der Waals surface area contributed by atoms with Gasteiger partial charge in [-0.05, 0) is 87.7 Å². The Morgan fingerprint density at radius 3 is 2.55 bits per heavy atom. The fourth-order valence-corrected chi connectivity index (χ4v) is 5.80. The summed E-state index contributed by atoms with van der Waals surface area (Å²) in [5.41, 5.74) is 4.06. The maximum absolute atomic E-state index is 15.4. The number of unbranched alkanes of at least 4 members (excludes halogenated alkanes) is 1. The summed E-state index contributed by atoms with van der Waals surface area (Å²) < 4.78 is 21.3. The number of ether oxygens (including phenoxy) is 1. The molecule has 1 aromatic heterocycles. The second-order valence-electron chi connectivity index (χ2n) is 12.6. The lowest BCUT2D eigenvalue weighted by Crippen LogP contribution is -2.50. The SMILES string of the molecule is CCCCNC(=O)CCc1cccc(N(C(=O)Oc2c(C)cccc2C)c2ccnc(Nc3ccc(N4CCN(C)C(C)C4)c(F)c3)n2)c1. The Bertz CT molecular complexity index is 1750. The number of nitrogens with zero attached hydrogens (tertiary/aromatic N) is 5. The lowest BCUT2D eigenvalue weighted by molar-refractivity contribution is -0.121. The summed E-state index contributed by atoms with van der Waals surface area (Å²) in [4.78, 5) is 41.1. The van der Waals surface area contributed by atoms with E-state index >= 15 is 4.39 Å². The van der Waals surface area contributed by atoms with Gasteiger partial charge in [0, 0.05) is 56.6 Å². The number of halogens is 1. The molecule has 1 aliphatic heterocycles. The molecule has 258 valence electrons. The summed E-state index contributed by atoms with van der Waals surface area (Å²) in [5.74, 6) is 0.552. The number of rotatable bonds is 12. The van der Waals surface area contributed by atoms with Gasteiger partial charge >= 0.3 is 6.09 Å². The van der Waals surface area contributed by atoms with Crippen LogP contribution >= 0.6 is 0 Å². The number of aryl methyl sites for hydroxylation is 3. The molecule has 5 rings (SSSR count). The van der Waals surface area contributed by atoms with E-state index in [1.807, 2.05) is 50.2 Å². The first kappa shape index (κ1) is 35.3. The smallest absolute Gasteiger partial charge is 0.409 e. The molecule has 1 aliphatic rings. The van der Waals surface area contributed by atoms with E-state index in [1.165, 1.54) is 17.2 Å². The molecule has 1 unspecified atom stereocenters. The molecule has 0 spiro atoms. The minimum Gasteiger partial charge on any atom is -0.409 e. The number of likely N-dealkylation sites (N-methyl/N-ethyl adjacent to an activating group) is 1. The summed E-state index contributed by atoms with van der Waals surface area (Å²) in [7, 11) is 2.08. The number of hydrogen-bond acceptors (Lipinski definition) is 8. The molecule has 2 heterocycles. The second kappa shape index (κ2) is 16.4. The average Bonchev–Trinajstić information content (AvgIpc) is 3.08. The number of nitrogens with one attached hydrogen (secondary N) is 2. The number of hydrogen-bond donors (Lipinski definition) is 2. The fraction of sp³-hybridized carbons (Fsp3) is 0.368. The summed E-state index contributed by atoms with van der Waals surface area (Å²) in [5, 5.41) is 6.05. The van der Waals surface area contributed by atoms with Gasteiger partial charge in [-0.3, -0.25) is 4.79 Å². The molecule has 11 heteroatoms. The van der Waals surface area contributed by atoms with Crippen molar-refractivity contribution in [3.8, 4) is 5.75 Å². The third-order valence-electron chi connectivity index (χ3n) is 8.82. The molecule has 49 heavy (non-hydrogen) atoms. The van der Waals surface area contributed by atoms with Gasteiger partial charge in [0.25, 0.3) is 0 Å². The minimum atomic E-state index is -0.659. The van der Waals surface area contributed by atoms with Gasteiger partial charge < -0.3 is 25.2 Å². The molecule has 4 aromatic rings. The van der Waals surface area contributed by atoms with Crippen molar-refractivity contribution in [1.29, 1.82) is 0 Å². The van der Waals surface area contributed by atoms with Gasteiger partial charge in [0.2, 0.25) is 11.9 Å². The van der Waals surface area contributed by atoms with Crippen molar-refractivity contribution in [3.05, 3.63) is 95.4 Å². The van der Waals surface area contributed by atoms with E-state index in [1.54, 1.807) is 24.3 Å². The molecule has 0 radical (unpaired) electrons. The summed E-state index contributed by atoms with van der Waals surface area (Å²) in [6.45, 7) is 11.0. The number of piperazine rings is 1. The largest absolute Gasteiger partial charge is 0.425 e. The van der Waals surface area contributed by atoms with Crippen LogP contribution in [0.25, 0.3) is 0 Å². The van der Waals surface area contributed by atoms with E-state index in [9.17, 15) is 9.59 Å². The highest BCUT2D eigenvalue weighted by Crippen LogP contribution is 2.31. The van der Waals surface area contributed by atoms with Gasteiger partial charge in [-0.2, -0.15) is 4.98 Å². The number of carbonyl (C=O) groups excluding carboxylic acids is 2. The average molecular weight is 668 g/mol. The van der Waals surface area contributed by atoms with Crippen molar-refractivity contribution in [2.45, 2.75) is 59.4 Å². The first-order valence-corrected chi connectivity index (χ1v) is 16.9. The van der Waals surface area contributed by atoms with Crippen LogP contribution in [0.2, 0.25) is 0 Å².